The number of anilines is 1. The lowest BCUT2D eigenvalue weighted by atomic mass is 10.0. The minimum atomic E-state index is -0.185. The molecule has 2 aromatic carbocycles. The molecule has 33 heavy (non-hydrogen) atoms. The summed E-state index contributed by atoms with van der Waals surface area (Å²) >= 11 is 0. The molecule has 0 radical (unpaired) electrons. The van der Waals surface area contributed by atoms with Crippen LogP contribution in [0.15, 0.2) is 65.5 Å². The van der Waals surface area contributed by atoms with Crippen molar-refractivity contribution in [2.75, 3.05) is 11.9 Å². The van der Waals surface area contributed by atoms with Gasteiger partial charge in [-0.15, -0.1) is 0 Å². The summed E-state index contributed by atoms with van der Waals surface area (Å²) in [5.74, 6) is -0.0204. The van der Waals surface area contributed by atoms with Crippen molar-refractivity contribution in [3.63, 3.8) is 0 Å². The molecule has 2 amide bonds. The number of carbonyl (C=O) groups excluding carboxylic acids is 2. The number of rotatable bonds is 9. The zero-order chi connectivity index (χ0) is 24.1. The molecule has 0 atom stereocenters. The van der Waals surface area contributed by atoms with Crippen molar-refractivity contribution in [1.29, 1.82) is 0 Å². The number of aromatic nitrogens is 2. The van der Waals surface area contributed by atoms with Gasteiger partial charge in [-0.2, -0.15) is 5.10 Å². The number of aliphatic hydroxyl groups is 1. The SMILES string of the molecule is CCCC(=O)Nc1cccc(Cn2nc(-c3cccc(CCCO)c3)ccc2=O)c1.NC=O. The van der Waals surface area contributed by atoms with Crippen molar-refractivity contribution in [1.82, 2.24) is 9.78 Å². The van der Waals surface area contributed by atoms with E-state index in [2.05, 4.69) is 16.1 Å². The molecule has 174 valence electrons. The zero-order valence-electron chi connectivity index (χ0n) is 18.7. The third-order valence-electron chi connectivity index (χ3n) is 4.73. The topological polar surface area (TPSA) is 127 Å². The average Bonchev–Trinajstić information content (AvgIpc) is 2.80. The van der Waals surface area contributed by atoms with E-state index in [-0.39, 0.29) is 24.5 Å². The Kier molecular flexibility index (Phi) is 10.5. The van der Waals surface area contributed by atoms with E-state index in [1.807, 2.05) is 55.5 Å². The fourth-order valence-electron chi connectivity index (χ4n) is 3.26. The van der Waals surface area contributed by atoms with Gasteiger partial charge in [-0.25, -0.2) is 4.68 Å². The van der Waals surface area contributed by atoms with Crippen LogP contribution in [0, 0.1) is 0 Å². The molecule has 1 aromatic heterocycles. The van der Waals surface area contributed by atoms with E-state index in [0.717, 1.165) is 29.5 Å². The fraction of sp³-hybridized carbons (Fsp3) is 0.280. The van der Waals surface area contributed by atoms with Crippen LogP contribution in [0.25, 0.3) is 11.3 Å². The Morgan fingerprint density at radius 2 is 1.85 bits per heavy atom. The molecular formula is C25H30N4O4. The second-order valence-corrected chi connectivity index (χ2v) is 7.38. The fourth-order valence-corrected chi connectivity index (χ4v) is 3.26. The van der Waals surface area contributed by atoms with E-state index >= 15 is 0 Å². The molecule has 8 heteroatoms. The molecule has 0 bridgehead atoms. The van der Waals surface area contributed by atoms with Crippen LogP contribution >= 0.6 is 0 Å². The van der Waals surface area contributed by atoms with Crippen LogP contribution in [0.2, 0.25) is 0 Å². The molecule has 1 heterocycles. The summed E-state index contributed by atoms with van der Waals surface area (Å²) in [5, 5.41) is 16.5. The second kappa shape index (κ2) is 13.6. The number of nitrogens with one attached hydrogen (secondary N) is 1. The van der Waals surface area contributed by atoms with E-state index in [9.17, 15) is 9.59 Å². The minimum absolute atomic E-state index is 0.0204. The van der Waals surface area contributed by atoms with Gasteiger partial charge < -0.3 is 16.2 Å². The zero-order valence-corrected chi connectivity index (χ0v) is 18.7. The molecule has 0 aliphatic carbocycles. The maximum absolute atomic E-state index is 12.4. The van der Waals surface area contributed by atoms with Crippen molar-refractivity contribution in [2.24, 2.45) is 5.73 Å². The highest BCUT2D eigenvalue weighted by Crippen LogP contribution is 2.18. The van der Waals surface area contributed by atoms with Crippen molar-refractivity contribution >= 4 is 18.0 Å². The lowest BCUT2D eigenvalue weighted by Gasteiger charge is -2.10. The Bertz CT molecular complexity index is 1110. The minimum Gasteiger partial charge on any atom is -0.396 e. The van der Waals surface area contributed by atoms with E-state index < -0.39 is 0 Å². The Morgan fingerprint density at radius 3 is 2.58 bits per heavy atom. The van der Waals surface area contributed by atoms with E-state index in [1.165, 1.54) is 10.7 Å². The molecule has 0 aliphatic heterocycles. The lowest BCUT2D eigenvalue weighted by Crippen LogP contribution is -2.23. The summed E-state index contributed by atoms with van der Waals surface area (Å²) < 4.78 is 1.43. The number of hydrogen-bond donors (Lipinski definition) is 3. The van der Waals surface area contributed by atoms with Gasteiger partial charge in [0.1, 0.15) is 0 Å². The molecule has 0 spiro atoms. The number of nitrogens with zero attached hydrogens (tertiary/aromatic N) is 2. The molecule has 0 fully saturated rings. The van der Waals surface area contributed by atoms with Gasteiger partial charge in [-0.1, -0.05) is 37.3 Å². The van der Waals surface area contributed by atoms with Gasteiger partial charge in [0.15, 0.2) is 0 Å². The van der Waals surface area contributed by atoms with Crippen LogP contribution in [0.1, 0.15) is 37.3 Å². The van der Waals surface area contributed by atoms with Crippen molar-refractivity contribution in [2.45, 2.75) is 39.2 Å². The largest absolute Gasteiger partial charge is 0.396 e. The van der Waals surface area contributed by atoms with Crippen molar-refractivity contribution in [3.8, 4) is 11.3 Å². The van der Waals surface area contributed by atoms with E-state index in [1.54, 1.807) is 6.07 Å². The number of hydrogen-bond acceptors (Lipinski definition) is 5. The van der Waals surface area contributed by atoms with Crippen molar-refractivity contribution in [3.05, 3.63) is 82.1 Å². The van der Waals surface area contributed by atoms with Crippen molar-refractivity contribution < 1.29 is 14.7 Å². The highest BCUT2D eigenvalue weighted by atomic mass is 16.3. The Labute approximate surface area is 193 Å². The third-order valence-corrected chi connectivity index (χ3v) is 4.73. The first-order valence-electron chi connectivity index (χ1n) is 10.8. The molecule has 0 unspecified atom stereocenters. The summed E-state index contributed by atoms with van der Waals surface area (Å²) in [6.07, 6.45) is 3.02. The quantitative estimate of drug-likeness (QED) is 0.432. The maximum atomic E-state index is 12.4. The number of nitrogens with two attached hydrogens (primary N) is 1. The van der Waals surface area contributed by atoms with Gasteiger partial charge in [0.2, 0.25) is 12.3 Å². The van der Waals surface area contributed by atoms with Gasteiger partial charge in [0.25, 0.3) is 5.56 Å². The van der Waals surface area contributed by atoms with Crippen LogP contribution in [0.4, 0.5) is 5.69 Å². The molecule has 8 nitrogen and oxygen atoms in total. The van der Waals surface area contributed by atoms with E-state index in [4.69, 9.17) is 9.90 Å². The summed E-state index contributed by atoms with van der Waals surface area (Å²) in [6, 6.07) is 18.7. The van der Waals surface area contributed by atoms with Gasteiger partial charge in [-0.3, -0.25) is 14.4 Å². The molecule has 3 aromatic rings. The summed E-state index contributed by atoms with van der Waals surface area (Å²) in [5.41, 5.74) is 8.35. The first-order valence-corrected chi connectivity index (χ1v) is 10.8. The van der Waals surface area contributed by atoms with Crippen LogP contribution in [0.5, 0.6) is 0 Å². The van der Waals surface area contributed by atoms with Crippen LogP contribution in [-0.4, -0.2) is 33.8 Å². The first-order chi connectivity index (χ1) is 16.0. The Hall–Kier alpha value is -3.78. The second-order valence-electron chi connectivity index (χ2n) is 7.38. The molecule has 4 N–H and O–H groups in total. The monoisotopic (exact) mass is 450 g/mol. The molecular weight excluding hydrogens is 420 g/mol. The van der Waals surface area contributed by atoms with Gasteiger partial charge in [0, 0.05) is 30.3 Å². The van der Waals surface area contributed by atoms with E-state index in [0.29, 0.717) is 30.8 Å². The number of aliphatic hydroxyl groups excluding tert-OH is 1. The standard InChI is InChI=1S/C24H27N3O3.CH3NO/c1-2-6-23(29)25-21-11-4-8-19(16-21)17-27-24(30)13-12-22(26-27)20-10-3-7-18(15-20)9-5-14-28;2-1-3/h3-4,7-8,10-13,15-16,28H,2,5-6,9,14,17H2,1H3,(H,25,29);1H,(H2,2,3). The highest BCUT2D eigenvalue weighted by Gasteiger charge is 2.07. The molecule has 0 aliphatic rings. The van der Waals surface area contributed by atoms with Gasteiger partial charge in [-0.05, 0) is 54.7 Å². The number of carbonyl (C=O) groups is 2. The number of amides is 2. The number of benzene rings is 2. The Morgan fingerprint density at radius 1 is 1.12 bits per heavy atom. The predicted octanol–water partition coefficient (Wildman–Crippen LogP) is 2.72. The number of aryl methyl sites for hydroxylation is 1. The van der Waals surface area contributed by atoms with Gasteiger partial charge in [0.05, 0.1) is 12.2 Å². The van der Waals surface area contributed by atoms with Crippen LogP contribution in [0.3, 0.4) is 0 Å². The van der Waals surface area contributed by atoms with Crippen LogP contribution in [-0.2, 0) is 22.6 Å². The maximum Gasteiger partial charge on any atom is 0.267 e. The number of primary amides is 1. The van der Waals surface area contributed by atoms with Crippen LogP contribution < -0.4 is 16.6 Å². The molecule has 0 saturated carbocycles. The average molecular weight is 451 g/mol. The Balaban J connectivity index is 0.00000122. The lowest BCUT2D eigenvalue weighted by molar-refractivity contribution is -0.116. The molecule has 0 saturated heterocycles. The smallest absolute Gasteiger partial charge is 0.267 e. The van der Waals surface area contributed by atoms with Gasteiger partial charge >= 0.3 is 0 Å². The summed E-state index contributed by atoms with van der Waals surface area (Å²) in [7, 11) is 0. The summed E-state index contributed by atoms with van der Waals surface area (Å²) in [6.45, 7) is 2.43. The highest BCUT2D eigenvalue weighted by molar-refractivity contribution is 5.90. The summed E-state index contributed by atoms with van der Waals surface area (Å²) in [4.78, 5) is 32.8. The first kappa shape index (κ1) is 25.5. The normalized spacial score (nSPS) is 10.1. The molecule has 3 rings (SSSR count). The predicted molar refractivity (Wildman–Crippen MR) is 129 cm³/mol. The third kappa shape index (κ3) is 8.34.